The largest absolute Gasteiger partial charge is 0.365 e. The standard InChI is InChI=1S/C94H104N8P2/c1-9-31-59(32-10-1)95-71-49-27-25-47-67(71)83-77(95)57-81-93-87(83)101(65-43-21-7-22-44-65)75-53-29-51-73-89(75)103(93)91-79(97(81)61-35-13-3-14-36-61)55-69-70(85(91)99(73)63-39-17-5-18-40-63)56-80-92-86(69)100(64-41-19-6-20-42-64)74-52-30-54-76-90(74)104(92)94-82(98(80)62-37-15-4-16-38-62)58-78-84(88(94)102(76)66-45-23-8-24-46-66)68-48-26-28-50-72(68)96(78)60-33-11-2-12-34-60/h1-24,31-46,67-94H,25-30,47-58H2. The molecule has 0 bridgehead atoms. The van der Waals surface area contributed by atoms with Gasteiger partial charge in [-0.05, 0) is 211 Å². The summed E-state index contributed by atoms with van der Waals surface area (Å²) in [6, 6.07) is 107. The van der Waals surface area contributed by atoms with E-state index in [0.29, 0.717) is 166 Å². The van der Waals surface area contributed by atoms with Gasteiger partial charge in [0.25, 0.3) is 0 Å². The van der Waals surface area contributed by atoms with Crippen LogP contribution in [0.5, 0.6) is 0 Å². The maximum Gasteiger partial charge on any atom is 0.0431 e. The zero-order chi connectivity index (χ0) is 67.6. The maximum atomic E-state index is 3.38. The molecule has 530 valence electrons. The van der Waals surface area contributed by atoms with Crippen LogP contribution in [0.15, 0.2) is 243 Å². The molecule has 8 heterocycles. The summed E-state index contributed by atoms with van der Waals surface area (Å²) in [5, 5.41) is 0. The van der Waals surface area contributed by atoms with Gasteiger partial charge < -0.3 is 39.2 Å². The first-order chi connectivity index (χ1) is 51.7. The van der Waals surface area contributed by atoms with Crippen LogP contribution in [0, 0.1) is 35.5 Å². The lowest BCUT2D eigenvalue weighted by atomic mass is 9.59. The Hall–Kier alpha value is -6.98. The van der Waals surface area contributed by atoms with Crippen molar-refractivity contribution in [3.05, 3.63) is 243 Å². The van der Waals surface area contributed by atoms with Crippen molar-refractivity contribution in [2.24, 2.45) is 35.5 Å². The summed E-state index contributed by atoms with van der Waals surface area (Å²) in [5.74, 6) is 3.70. The number of para-hydroxylation sites is 8. The van der Waals surface area contributed by atoms with Crippen molar-refractivity contribution in [2.45, 2.75) is 246 Å². The fourth-order valence-corrected chi connectivity index (χ4v) is 40.7. The van der Waals surface area contributed by atoms with Crippen LogP contribution in [0.4, 0.5) is 45.5 Å². The third-order valence-corrected chi connectivity index (χ3v) is 40.4. The molecule has 0 N–H and O–H groups in total. The molecule has 10 heteroatoms. The van der Waals surface area contributed by atoms with E-state index in [-0.39, 0.29) is 0 Å². The molecule has 8 nitrogen and oxygen atoms in total. The van der Waals surface area contributed by atoms with Crippen LogP contribution >= 0.6 is 15.8 Å². The van der Waals surface area contributed by atoms with Crippen molar-refractivity contribution >= 4 is 61.3 Å². The minimum Gasteiger partial charge on any atom is -0.365 e. The van der Waals surface area contributed by atoms with Gasteiger partial charge in [-0.3, -0.25) is 0 Å². The van der Waals surface area contributed by atoms with Gasteiger partial charge in [0.1, 0.15) is 0 Å². The van der Waals surface area contributed by atoms with E-state index in [1.165, 1.54) is 161 Å². The summed E-state index contributed by atoms with van der Waals surface area (Å²) in [6.07, 6.45) is 24.0. The van der Waals surface area contributed by atoms with Crippen LogP contribution in [0.1, 0.15) is 116 Å². The molecule has 0 amide bonds. The van der Waals surface area contributed by atoms with Crippen molar-refractivity contribution in [3.63, 3.8) is 0 Å². The van der Waals surface area contributed by atoms with E-state index in [1.54, 1.807) is 0 Å². The Morgan fingerprint density at radius 2 is 0.413 bits per heavy atom. The van der Waals surface area contributed by atoms with Crippen molar-refractivity contribution in [1.82, 2.24) is 0 Å². The smallest absolute Gasteiger partial charge is 0.0431 e. The van der Waals surface area contributed by atoms with E-state index in [4.69, 9.17) is 0 Å². The van der Waals surface area contributed by atoms with E-state index in [0.717, 1.165) is 0 Å². The second kappa shape index (κ2) is 24.3. The number of fused-ring (bicyclic) bond motifs is 11. The zero-order valence-corrected chi connectivity index (χ0v) is 62.2. The molecule has 8 aliphatic heterocycles. The highest BCUT2D eigenvalue weighted by molar-refractivity contribution is 7.61. The summed E-state index contributed by atoms with van der Waals surface area (Å²) < 4.78 is 0. The summed E-state index contributed by atoms with van der Waals surface area (Å²) in [4.78, 5) is 26.4. The van der Waals surface area contributed by atoms with E-state index in [9.17, 15) is 0 Å². The summed E-state index contributed by atoms with van der Waals surface area (Å²) in [7, 11) is -0.995. The van der Waals surface area contributed by atoms with E-state index in [2.05, 4.69) is 282 Å². The molecule has 8 saturated carbocycles. The molecule has 8 aliphatic carbocycles. The average molecular weight is 1410 g/mol. The fourth-order valence-electron chi connectivity index (χ4n) is 30.1. The summed E-state index contributed by atoms with van der Waals surface area (Å²) in [6.45, 7) is 0. The lowest BCUT2D eigenvalue weighted by Gasteiger charge is -2.79. The molecule has 8 aromatic rings. The van der Waals surface area contributed by atoms with E-state index < -0.39 is 15.8 Å². The van der Waals surface area contributed by atoms with E-state index >= 15 is 0 Å². The second-order valence-electron chi connectivity index (χ2n) is 35.7. The molecule has 0 aromatic heterocycles. The minimum absolute atomic E-state index is 0.432. The molecule has 16 aliphatic rings. The normalized spacial score (nSPS) is 42.5. The Kier molecular flexibility index (Phi) is 14.5. The quantitative estimate of drug-likeness (QED) is 0.139. The number of nitrogens with zero attached hydrogens (tertiary/aromatic N) is 8. The average Bonchev–Trinajstić information content (AvgIpc) is 0.836. The lowest BCUT2D eigenvalue weighted by molar-refractivity contribution is 0.0484. The SMILES string of the molecule is c1ccc(N2C3CCCCC3C3C2CC2C4C3N(c3ccccc3)C3CCCC5C3P4C3C(CC4C(CC6C7C4N(c4ccccc4)C4CCCC8C4P7C4C(CC7C(C9CCCCC9N7c7ccccc7)C4N8c4ccccc4)N6c4ccccc4)C3N5c3ccccc3)N2c2ccccc2)cc1. The third kappa shape index (κ3) is 8.68. The molecule has 30 unspecified atom stereocenters. The van der Waals surface area contributed by atoms with Crippen molar-refractivity contribution in [3.8, 4) is 0 Å². The molecule has 16 fully saturated rings. The van der Waals surface area contributed by atoms with Gasteiger partial charge in [0.15, 0.2) is 0 Å². The Morgan fingerprint density at radius 3 is 0.712 bits per heavy atom. The predicted molar refractivity (Wildman–Crippen MR) is 433 cm³/mol. The van der Waals surface area contributed by atoms with Gasteiger partial charge in [-0.2, -0.15) is 0 Å². The van der Waals surface area contributed by atoms with Crippen molar-refractivity contribution in [2.75, 3.05) is 39.2 Å². The van der Waals surface area contributed by atoms with E-state index in [1.807, 2.05) is 0 Å². The molecular weight excluding hydrogens is 1300 g/mol. The Balaban J connectivity index is 0.755. The van der Waals surface area contributed by atoms with Gasteiger partial charge in [-0.15, -0.1) is 0 Å². The Labute approximate surface area is 621 Å². The van der Waals surface area contributed by atoms with Gasteiger partial charge >= 0.3 is 0 Å². The van der Waals surface area contributed by atoms with Crippen LogP contribution < -0.4 is 39.2 Å². The first kappa shape index (κ1) is 62.1. The van der Waals surface area contributed by atoms with Gasteiger partial charge in [-0.1, -0.05) is 187 Å². The van der Waals surface area contributed by atoms with Crippen LogP contribution in [0.25, 0.3) is 0 Å². The monoisotopic (exact) mass is 1410 g/mol. The summed E-state index contributed by atoms with van der Waals surface area (Å²) >= 11 is 0. The maximum absolute atomic E-state index is 3.38. The third-order valence-electron chi connectivity index (χ3n) is 32.3. The molecule has 0 spiro atoms. The molecule has 8 aromatic carbocycles. The van der Waals surface area contributed by atoms with Gasteiger partial charge in [0.2, 0.25) is 0 Å². The predicted octanol–water partition coefficient (Wildman–Crippen LogP) is 19.0. The topological polar surface area (TPSA) is 25.9 Å². The number of benzene rings is 8. The molecule has 24 rings (SSSR count). The highest BCUT2D eigenvalue weighted by Gasteiger charge is 2.78. The molecular formula is C94H104N8P2. The minimum atomic E-state index is -0.497. The van der Waals surface area contributed by atoms with Crippen LogP contribution in [0.2, 0.25) is 0 Å². The first-order valence-corrected chi connectivity index (χ1v) is 45.1. The highest BCUT2D eigenvalue weighted by atomic mass is 31.1. The van der Waals surface area contributed by atoms with Crippen molar-refractivity contribution < 1.29 is 0 Å². The Morgan fingerprint density at radius 1 is 0.183 bits per heavy atom. The second-order valence-corrected chi connectivity index (χ2v) is 41.1. The van der Waals surface area contributed by atoms with Gasteiger partial charge in [0.05, 0.1) is 0 Å². The van der Waals surface area contributed by atoms with Crippen molar-refractivity contribution in [1.29, 1.82) is 0 Å². The van der Waals surface area contributed by atoms with Crippen LogP contribution in [0.3, 0.4) is 0 Å². The molecule has 30 atom stereocenters. The van der Waals surface area contributed by atoms with Crippen LogP contribution in [-0.2, 0) is 0 Å². The van der Waals surface area contributed by atoms with Crippen LogP contribution in [-0.4, -0.2) is 131 Å². The number of anilines is 8. The molecule has 104 heavy (non-hydrogen) atoms. The lowest BCUT2D eigenvalue weighted by Crippen LogP contribution is -2.86. The number of rotatable bonds is 8. The number of hydrogen-bond acceptors (Lipinski definition) is 8. The Bertz CT molecular complexity index is 4130. The van der Waals surface area contributed by atoms with Gasteiger partial charge in [0, 0.05) is 188 Å². The van der Waals surface area contributed by atoms with Gasteiger partial charge in [-0.25, -0.2) is 0 Å². The molecule has 8 saturated heterocycles. The fraction of sp³-hybridized carbons (Fsp3) is 0.489. The molecule has 0 radical (unpaired) electrons. The summed E-state index contributed by atoms with van der Waals surface area (Å²) in [5.41, 5.74) is 15.9. The highest BCUT2D eigenvalue weighted by Crippen LogP contribution is 2.80. The zero-order valence-electron chi connectivity index (χ0n) is 60.5. The first-order valence-electron chi connectivity index (χ1n) is 42.0. The number of hydrogen-bond donors (Lipinski definition) is 0.